The Bertz CT molecular complexity index is 417. The fourth-order valence-electron chi connectivity index (χ4n) is 3.55. The number of aromatic nitrogens is 2. The van der Waals surface area contributed by atoms with Gasteiger partial charge in [0.25, 0.3) is 0 Å². The lowest BCUT2D eigenvalue weighted by atomic mass is 9.90. The van der Waals surface area contributed by atoms with Gasteiger partial charge in [0.05, 0.1) is 6.04 Å². The van der Waals surface area contributed by atoms with Crippen molar-refractivity contribution in [3.63, 3.8) is 0 Å². The van der Waals surface area contributed by atoms with Crippen molar-refractivity contribution in [3.8, 4) is 0 Å². The first kappa shape index (κ1) is 13.1. The quantitative estimate of drug-likeness (QED) is 0.907. The topological polar surface area (TPSA) is 51.0 Å². The summed E-state index contributed by atoms with van der Waals surface area (Å²) in [5.41, 5.74) is 0. The highest BCUT2D eigenvalue weighted by atomic mass is 16.5. The van der Waals surface area contributed by atoms with E-state index in [2.05, 4.69) is 29.3 Å². The molecule has 0 spiro atoms. The average Bonchev–Trinajstić information content (AvgIpc) is 3.07. The molecule has 1 aliphatic heterocycles. The van der Waals surface area contributed by atoms with E-state index in [1.807, 2.05) is 0 Å². The van der Waals surface area contributed by atoms with Gasteiger partial charge in [-0.1, -0.05) is 25.4 Å². The first-order valence-corrected chi connectivity index (χ1v) is 7.83. The molecule has 3 rings (SSSR count). The molecule has 1 N–H and O–H groups in total. The second-order valence-electron chi connectivity index (χ2n) is 6.41. The van der Waals surface area contributed by atoms with E-state index in [4.69, 9.17) is 4.52 Å². The summed E-state index contributed by atoms with van der Waals surface area (Å²) in [6, 6.07) is 0.277. The number of rotatable bonds is 3. The number of piperidine rings is 1. The van der Waals surface area contributed by atoms with Gasteiger partial charge in [0.1, 0.15) is 0 Å². The zero-order valence-corrected chi connectivity index (χ0v) is 12.1. The Morgan fingerprint density at radius 3 is 2.89 bits per heavy atom. The van der Waals surface area contributed by atoms with Gasteiger partial charge in [0, 0.05) is 5.92 Å². The Morgan fingerprint density at radius 1 is 1.26 bits per heavy atom. The third kappa shape index (κ3) is 2.83. The van der Waals surface area contributed by atoms with Crippen molar-refractivity contribution in [1.82, 2.24) is 15.5 Å². The van der Waals surface area contributed by atoms with Crippen molar-refractivity contribution in [2.24, 2.45) is 11.8 Å². The SMILES string of the molecule is CCC1CCNC(c2nc(C3CCC(C)C3)no2)C1. The van der Waals surface area contributed by atoms with Crippen molar-refractivity contribution in [1.29, 1.82) is 0 Å². The first-order chi connectivity index (χ1) is 9.26. The maximum atomic E-state index is 5.52. The van der Waals surface area contributed by atoms with Gasteiger partial charge in [-0.3, -0.25) is 0 Å². The molecular formula is C15H25N3O. The molecule has 1 aliphatic carbocycles. The lowest BCUT2D eigenvalue weighted by Crippen LogP contribution is -2.31. The maximum absolute atomic E-state index is 5.52. The van der Waals surface area contributed by atoms with Gasteiger partial charge in [-0.2, -0.15) is 4.98 Å². The highest BCUT2D eigenvalue weighted by Gasteiger charge is 2.30. The van der Waals surface area contributed by atoms with Crippen LogP contribution in [0, 0.1) is 11.8 Å². The maximum Gasteiger partial charge on any atom is 0.243 e. The number of hydrogen-bond donors (Lipinski definition) is 1. The minimum Gasteiger partial charge on any atom is -0.338 e. The molecule has 2 aliphatic rings. The van der Waals surface area contributed by atoms with Crippen molar-refractivity contribution in [2.45, 2.75) is 64.3 Å². The van der Waals surface area contributed by atoms with Crippen LogP contribution in [0.15, 0.2) is 4.52 Å². The standard InChI is InChI=1S/C15H25N3O/c1-3-11-6-7-16-13(9-11)15-17-14(18-19-15)12-5-4-10(2)8-12/h10-13,16H,3-9H2,1-2H3. The van der Waals surface area contributed by atoms with E-state index in [0.717, 1.165) is 36.5 Å². The van der Waals surface area contributed by atoms with Gasteiger partial charge >= 0.3 is 0 Å². The van der Waals surface area contributed by atoms with Crippen LogP contribution in [0.5, 0.6) is 0 Å². The van der Waals surface area contributed by atoms with E-state index in [1.165, 1.54) is 32.1 Å². The number of nitrogens with zero attached hydrogens (tertiary/aromatic N) is 2. The molecule has 106 valence electrons. The fraction of sp³-hybridized carbons (Fsp3) is 0.867. The lowest BCUT2D eigenvalue weighted by molar-refractivity contribution is 0.245. The third-order valence-electron chi connectivity index (χ3n) is 4.91. The van der Waals surface area contributed by atoms with Crippen LogP contribution < -0.4 is 5.32 Å². The smallest absolute Gasteiger partial charge is 0.243 e. The Hall–Kier alpha value is -0.900. The Kier molecular flexibility index (Phi) is 3.87. The van der Waals surface area contributed by atoms with E-state index in [0.29, 0.717) is 5.92 Å². The van der Waals surface area contributed by atoms with Gasteiger partial charge in [-0.15, -0.1) is 0 Å². The van der Waals surface area contributed by atoms with Gasteiger partial charge < -0.3 is 9.84 Å². The highest BCUT2D eigenvalue weighted by molar-refractivity contribution is 5.02. The summed E-state index contributed by atoms with van der Waals surface area (Å²) in [7, 11) is 0. The van der Waals surface area contributed by atoms with Crippen molar-refractivity contribution in [3.05, 3.63) is 11.7 Å². The Morgan fingerprint density at radius 2 is 2.16 bits per heavy atom. The summed E-state index contributed by atoms with van der Waals surface area (Å²) in [6.45, 7) is 5.66. The van der Waals surface area contributed by atoms with Gasteiger partial charge in [0.2, 0.25) is 5.89 Å². The van der Waals surface area contributed by atoms with E-state index < -0.39 is 0 Å². The molecule has 1 aromatic rings. The lowest BCUT2D eigenvalue weighted by Gasteiger charge is -2.27. The molecular weight excluding hydrogens is 238 g/mol. The molecule has 19 heavy (non-hydrogen) atoms. The molecule has 1 saturated heterocycles. The average molecular weight is 263 g/mol. The second-order valence-corrected chi connectivity index (χ2v) is 6.41. The van der Waals surface area contributed by atoms with Crippen molar-refractivity contribution < 1.29 is 4.52 Å². The predicted molar refractivity (Wildman–Crippen MR) is 73.8 cm³/mol. The molecule has 4 nitrogen and oxygen atoms in total. The number of hydrogen-bond acceptors (Lipinski definition) is 4. The zero-order chi connectivity index (χ0) is 13.2. The third-order valence-corrected chi connectivity index (χ3v) is 4.91. The van der Waals surface area contributed by atoms with E-state index >= 15 is 0 Å². The summed E-state index contributed by atoms with van der Waals surface area (Å²) < 4.78 is 5.52. The summed E-state index contributed by atoms with van der Waals surface area (Å²) in [5, 5.41) is 7.75. The van der Waals surface area contributed by atoms with Gasteiger partial charge in [-0.05, 0) is 50.5 Å². The van der Waals surface area contributed by atoms with Crippen molar-refractivity contribution in [2.75, 3.05) is 6.54 Å². The molecule has 1 saturated carbocycles. The largest absolute Gasteiger partial charge is 0.338 e. The molecule has 4 unspecified atom stereocenters. The molecule has 2 heterocycles. The molecule has 1 aromatic heterocycles. The summed E-state index contributed by atoms with van der Waals surface area (Å²) >= 11 is 0. The zero-order valence-electron chi connectivity index (χ0n) is 12.1. The summed E-state index contributed by atoms with van der Waals surface area (Å²) in [5.74, 6) is 3.89. The first-order valence-electron chi connectivity index (χ1n) is 7.83. The molecule has 2 fully saturated rings. The van der Waals surface area contributed by atoms with Gasteiger partial charge in [0.15, 0.2) is 5.82 Å². The van der Waals surface area contributed by atoms with Crippen LogP contribution >= 0.6 is 0 Å². The Labute approximate surface area is 115 Å². The monoisotopic (exact) mass is 263 g/mol. The van der Waals surface area contributed by atoms with Crippen LogP contribution in [0.3, 0.4) is 0 Å². The van der Waals surface area contributed by atoms with Crippen LogP contribution in [0.25, 0.3) is 0 Å². The number of nitrogens with one attached hydrogen (secondary N) is 1. The van der Waals surface area contributed by atoms with E-state index in [-0.39, 0.29) is 6.04 Å². The van der Waals surface area contributed by atoms with Crippen molar-refractivity contribution >= 4 is 0 Å². The van der Waals surface area contributed by atoms with Gasteiger partial charge in [-0.25, -0.2) is 0 Å². The summed E-state index contributed by atoms with van der Waals surface area (Å²) in [4.78, 5) is 4.68. The molecule has 4 atom stereocenters. The highest BCUT2D eigenvalue weighted by Crippen LogP contribution is 2.37. The molecule has 4 heteroatoms. The molecule has 0 amide bonds. The van der Waals surface area contributed by atoms with Crippen LogP contribution in [0.2, 0.25) is 0 Å². The predicted octanol–water partition coefficient (Wildman–Crippen LogP) is 3.42. The molecule has 0 bridgehead atoms. The van der Waals surface area contributed by atoms with Crippen LogP contribution in [0.4, 0.5) is 0 Å². The molecule has 0 aromatic carbocycles. The summed E-state index contributed by atoms with van der Waals surface area (Å²) in [6.07, 6.45) is 7.39. The second kappa shape index (κ2) is 5.61. The van der Waals surface area contributed by atoms with Crippen LogP contribution in [-0.4, -0.2) is 16.7 Å². The minimum absolute atomic E-state index is 0.277. The van der Waals surface area contributed by atoms with Crippen LogP contribution in [-0.2, 0) is 0 Å². The van der Waals surface area contributed by atoms with Crippen LogP contribution in [0.1, 0.15) is 76.0 Å². The normalized spacial score (nSPS) is 35.7. The Balaban J connectivity index is 1.67. The van der Waals surface area contributed by atoms with E-state index in [9.17, 15) is 0 Å². The molecule has 0 radical (unpaired) electrons. The van der Waals surface area contributed by atoms with E-state index in [1.54, 1.807) is 0 Å². The minimum atomic E-state index is 0.277. The fourth-order valence-corrected chi connectivity index (χ4v) is 3.55.